The maximum atomic E-state index is 13.1. The number of pyridine rings is 1. The van der Waals surface area contributed by atoms with Crippen LogP contribution in [0, 0.1) is 12.8 Å². The molecule has 1 aliphatic rings. The van der Waals surface area contributed by atoms with E-state index in [-0.39, 0.29) is 11.8 Å². The highest BCUT2D eigenvalue weighted by atomic mass is 16.5. The lowest BCUT2D eigenvalue weighted by atomic mass is 9.94. The fourth-order valence-corrected chi connectivity index (χ4v) is 4.00. The van der Waals surface area contributed by atoms with Gasteiger partial charge in [-0.05, 0) is 43.2 Å². The van der Waals surface area contributed by atoms with E-state index in [9.17, 15) is 9.90 Å². The van der Waals surface area contributed by atoms with Gasteiger partial charge in [0.1, 0.15) is 5.75 Å². The molecule has 5 heteroatoms. The molecule has 1 N–H and O–H groups in total. The Kier molecular flexibility index (Phi) is 5.01. The molecule has 1 fully saturated rings. The van der Waals surface area contributed by atoms with Gasteiger partial charge in [-0.2, -0.15) is 0 Å². The standard InChI is InChI=1S/C23H24N2O3/c1-15-7-8-22(28-2)19(11-15)23(27)25-13-17(21(26)14-25)12-16-9-10-24-20-6-4-3-5-18(16)20/h3-11,17,21,26H,12-14H2,1-2H3. The molecule has 0 aliphatic carbocycles. The number of carbonyl (C=O) groups is 1. The van der Waals surface area contributed by atoms with Crippen LogP contribution in [0.4, 0.5) is 0 Å². The van der Waals surface area contributed by atoms with Crippen LogP contribution in [0.15, 0.2) is 54.7 Å². The highest BCUT2D eigenvalue weighted by Crippen LogP contribution is 2.28. The van der Waals surface area contributed by atoms with Crippen molar-refractivity contribution in [2.45, 2.75) is 19.4 Å². The van der Waals surface area contributed by atoms with Crippen molar-refractivity contribution in [3.63, 3.8) is 0 Å². The molecule has 2 atom stereocenters. The number of fused-ring (bicyclic) bond motifs is 1. The van der Waals surface area contributed by atoms with Crippen molar-refractivity contribution in [3.8, 4) is 5.75 Å². The van der Waals surface area contributed by atoms with Gasteiger partial charge in [0.15, 0.2) is 0 Å². The number of para-hydroxylation sites is 1. The molecule has 0 spiro atoms. The average molecular weight is 376 g/mol. The molecule has 3 aromatic rings. The van der Waals surface area contributed by atoms with Crippen LogP contribution in [-0.4, -0.2) is 47.2 Å². The number of aryl methyl sites for hydroxylation is 1. The number of ether oxygens (including phenoxy) is 1. The Hall–Kier alpha value is -2.92. The molecular weight excluding hydrogens is 352 g/mol. The summed E-state index contributed by atoms with van der Waals surface area (Å²) in [5.74, 6) is 0.459. The summed E-state index contributed by atoms with van der Waals surface area (Å²) in [5.41, 5.74) is 3.65. The number of likely N-dealkylation sites (tertiary alicyclic amines) is 1. The van der Waals surface area contributed by atoms with Gasteiger partial charge in [0.2, 0.25) is 0 Å². The van der Waals surface area contributed by atoms with Gasteiger partial charge >= 0.3 is 0 Å². The second kappa shape index (κ2) is 7.60. The summed E-state index contributed by atoms with van der Waals surface area (Å²) in [6.07, 6.45) is 1.96. The molecule has 1 amide bonds. The zero-order valence-corrected chi connectivity index (χ0v) is 16.1. The van der Waals surface area contributed by atoms with E-state index < -0.39 is 6.10 Å². The van der Waals surface area contributed by atoms with Crippen molar-refractivity contribution in [1.82, 2.24) is 9.88 Å². The molecule has 2 unspecified atom stereocenters. The fourth-order valence-electron chi connectivity index (χ4n) is 4.00. The quantitative estimate of drug-likeness (QED) is 0.759. The lowest BCUT2D eigenvalue weighted by Crippen LogP contribution is -2.30. The van der Waals surface area contributed by atoms with Crippen molar-refractivity contribution in [3.05, 3.63) is 71.4 Å². The lowest BCUT2D eigenvalue weighted by molar-refractivity contribution is 0.0761. The Morgan fingerprint density at radius 2 is 2.04 bits per heavy atom. The van der Waals surface area contributed by atoms with Gasteiger partial charge in [0, 0.05) is 30.6 Å². The summed E-state index contributed by atoms with van der Waals surface area (Å²) in [5, 5.41) is 11.7. The highest BCUT2D eigenvalue weighted by molar-refractivity contribution is 5.97. The second-order valence-corrected chi connectivity index (χ2v) is 7.43. The van der Waals surface area contributed by atoms with Gasteiger partial charge < -0.3 is 14.7 Å². The van der Waals surface area contributed by atoms with E-state index in [1.165, 1.54) is 0 Å². The Morgan fingerprint density at radius 3 is 2.86 bits per heavy atom. The van der Waals surface area contributed by atoms with Crippen LogP contribution in [0.3, 0.4) is 0 Å². The zero-order chi connectivity index (χ0) is 19.7. The molecular formula is C23H24N2O3. The van der Waals surface area contributed by atoms with Gasteiger partial charge in [0.25, 0.3) is 5.91 Å². The minimum Gasteiger partial charge on any atom is -0.496 e. The summed E-state index contributed by atoms with van der Waals surface area (Å²) in [6, 6.07) is 15.6. The first-order valence-electron chi connectivity index (χ1n) is 9.51. The number of aliphatic hydroxyl groups excluding tert-OH is 1. The van der Waals surface area contributed by atoms with Crippen LogP contribution in [-0.2, 0) is 6.42 Å². The normalized spacial score (nSPS) is 19.2. The van der Waals surface area contributed by atoms with E-state index in [2.05, 4.69) is 11.1 Å². The molecule has 2 aromatic carbocycles. The topological polar surface area (TPSA) is 62.7 Å². The number of aliphatic hydroxyl groups is 1. The SMILES string of the molecule is COc1ccc(C)cc1C(=O)N1CC(O)C(Cc2ccnc3ccccc23)C1. The van der Waals surface area contributed by atoms with Crippen LogP contribution in [0.25, 0.3) is 10.9 Å². The molecule has 5 nitrogen and oxygen atoms in total. The van der Waals surface area contributed by atoms with Crippen LogP contribution < -0.4 is 4.74 Å². The van der Waals surface area contributed by atoms with Crippen LogP contribution in [0.5, 0.6) is 5.75 Å². The largest absolute Gasteiger partial charge is 0.496 e. The maximum absolute atomic E-state index is 13.1. The van der Waals surface area contributed by atoms with E-state index in [4.69, 9.17) is 4.74 Å². The Labute approximate surface area is 164 Å². The van der Waals surface area contributed by atoms with Crippen molar-refractivity contribution in [1.29, 1.82) is 0 Å². The Balaban J connectivity index is 1.55. The number of hydrogen-bond donors (Lipinski definition) is 1. The predicted molar refractivity (Wildman–Crippen MR) is 109 cm³/mol. The molecule has 4 rings (SSSR count). The predicted octanol–water partition coefficient (Wildman–Crippen LogP) is 3.23. The van der Waals surface area contributed by atoms with Gasteiger partial charge in [-0.1, -0.05) is 29.8 Å². The molecule has 0 radical (unpaired) electrons. The summed E-state index contributed by atoms with van der Waals surface area (Å²) in [4.78, 5) is 19.2. The fraction of sp³-hybridized carbons (Fsp3) is 0.304. The summed E-state index contributed by atoms with van der Waals surface area (Å²) in [7, 11) is 1.57. The monoisotopic (exact) mass is 376 g/mol. The number of methoxy groups -OCH3 is 1. The molecule has 2 heterocycles. The van der Waals surface area contributed by atoms with Crippen molar-refractivity contribution in [2.75, 3.05) is 20.2 Å². The van der Waals surface area contributed by atoms with E-state index in [0.29, 0.717) is 30.8 Å². The molecule has 144 valence electrons. The summed E-state index contributed by atoms with van der Waals surface area (Å²) < 4.78 is 5.36. The number of nitrogens with zero attached hydrogens (tertiary/aromatic N) is 2. The van der Waals surface area contributed by atoms with Crippen molar-refractivity contribution < 1.29 is 14.6 Å². The molecule has 1 aromatic heterocycles. The molecule has 28 heavy (non-hydrogen) atoms. The summed E-state index contributed by atoms with van der Waals surface area (Å²) >= 11 is 0. The third-order valence-corrected chi connectivity index (χ3v) is 5.50. The average Bonchev–Trinajstić information content (AvgIpc) is 3.08. The van der Waals surface area contributed by atoms with E-state index >= 15 is 0 Å². The molecule has 0 saturated carbocycles. The minimum atomic E-state index is -0.549. The minimum absolute atomic E-state index is 0.00874. The number of carbonyl (C=O) groups excluding carboxylic acids is 1. The Bertz CT molecular complexity index is 1010. The first kappa shape index (κ1) is 18.4. The van der Waals surface area contributed by atoms with Crippen LogP contribution in [0.1, 0.15) is 21.5 Å². The van der Waals surface area contributed by atoms with Gasteiger partial charge in [-0.3, -0.25) is 9.78 Å². The highest BCUT2D eigenvalue weighted by Gasteiger charge is 2.35. The number of hydrogen-bond acceptors (Lipinski definition) is 4. The van der Waals surface area contributed by atoms with Gasteiger partial charge in [-0.25, -0.2) is 0 Å². The number of amides is 1. The first-order valence-corrected chi connectivity index (χ1v) is 9.51. The lowest BCUT2D eigenvalue weighted by Gasteiger charge is -2.18. The number of β-amino-alcohol motifs (C(OH)–C–C–N with tert-alkyl or cyclic N) is 1. The van der Waals surface area contributed by atoms with Gasteiger partial charge in [-0.15, -0.1) is 0 Å². The molecule has 1 saturated heterocycles. The maximum Gasteiger partial charge on any atom is 0.257 e. The van der Waals surface area contributed by atoms with Crippen molar-refractivity contribution >= 4 is 16.8 Å². The number of aromatic nitrogens is 1. The number of benzene rings is 2. The summed E-state index contributed by atoms with van der Waals surface area (Å²) in [6.45, 7) is 2.81. The first-order chi connectivity index (χ1) is 13.6. The Morgan fingerprint density at radius 1 is 1.21 bits per heavy atom. The smallest absolute Gasteiger partial charge is 0.257 e. The third kappa shape index (κ3) is 3.45. The zero-order valence-electron chi connectivity index (χ0n) is 16.1. The van der Waals surface area contributed by atoms with Crippen LogP contribution >= 0.6 is 0 Å². The molecule has 1 aliphatic heterocycles. The third-order valence-electron chi connectivity index (χ3n) is 5.50. The second-order valence-electron chi connectivity index (χ2n) is 7.43. The molecule has 0 bridgehead atoms. The van der Waals surface area contributed by atoms with E-state index in [0.717, 1.165) is 22.0 Å². The van der Waals surface area contributed by atoms with Gasteiger partial charge in [0.05, 0.1) is 24.3 Å². The van der Waals surface area contributed by atoms with Crippen molar-refractivity contribution in [2.24, 2.45) is 5.92 Å². The number of rotatable bonds is 4. The van der Waals surface area contributed by atoms with E-state index in [1.54, 1.807) is 18.2 Å². The van der Waals surface area contributed by atoms with Crippen LogP contribution in [0.2, 0.25) is 0 Å². The van der Waals surface area contributed by atoms with E-state index in [1.807, 2.05) is 49.4 Å².